The van der Waals surface area contributed by atoms with Crippen molar-refractivity contribution in [2.45, 2.75) is 11.6 Å². The highest BCUT2D eigenvalue weighted by atomic mass is 32.2. The van der Waals surface area contributed by atoms with Crippen LogP contribution in [0.3, 0.4) is 0 Å². The zero-order chi connectivity index (χ0) is 21.8. The smallest absolute Gasteiger partial charge is 0.387 e. The molecule has 0 spiro atoms. The molecule has 1 aliphatic heterocycles. The maximum absolute atomic E-state index is 12.3. The van der Waals surface area contributed by atoms with Crippen molar-refractivity contribution in [2.75, 3.05) is 12.3 Å². The Kier molecular flexibility index (Phi) is 5.82. The van der Waals surface area contributed by atoms with Gasteiger partial charge in [-0.05, 0) is 24.3 Å². The Morgan fingerprint density at radius 2 is 1.68 bits per heavy atom. The monoisotopic (exact) mass is 432 g/mol. The molecular formula is C22H16N4O4S. The number of hydrogen-bond donors (Lipinski definition) is 0. The lowest BCUT2D eigenvalue weighted by atomic mass is 10.1. The molecule has 0 saturated carbocycles. The number of benzene rings is 1. The van der Waals surface area contributed by atoms with Gasteiger partial charge in [-0.25, -0.2) is 9.78 Å². The number of imide groups is 1. The minimum Gasteiger partial charge on any atom is -0.387 e. The molecule has 2 amide bonds. The minimum absolute atomic E-state index is 0.0408. The predicted molar refractivity (Wildman–Crippen MR) is 115 cm³/mol. The third kappa shape index (κ3) is 4.06. The number of carbonyl (C=O) groups excluding carboxylic acids is 2. The molecule has 0 unspecified atom stereocenters. The van der Waals surface area contributed by atoms with Crippen LogP contribution in [0.4, 0.5) is 0 Å². The summed E-state index contributed by atoms with van der Waals surface area (Å²) in [5.74, 6) is 4.90. The molecule has 3 heterocycles. The Hall–Kier alpha value is -3.90. The second kappa shape index (κ2) is 8.85. The summed E-state index contributed by atoms with van der Waals surface area (Å²) in [5, 5.41) is 4.86. The highest BCUT2D eigenvalue weighted by Gasteiger charge is 2.34. The van der Waals surface area contributed by atoms with Gasteiger partial charge in [0.1, 0.15) is 11.6 Å². The largest absolute Gasteiger partial charge is 0.438 e. The Bertz CT molecular complexity index is 1260. The molecule has 3 aromatic rings. The summed E-state index contributed by atoms with van der Waals surface area (Å²) < 4.78 is 6.34. The van der Waals surface area contributed by atoms with Crippen LogP contribution in [-0.4, -0.2) is 43.8 Å². The molecule has 1 aliphatic rings. The zero-order valence-electron chi connectivity index (χ0n) is 16.3. The first-order valence-corrected chi connectivity index (χ1v) is 10.3. The van der Waals surface area contributed by atoms with Crippen molar-refractivity contribution in [1.82, 2.24) is 19.7 Å². The van der Waals surface area contributed by atoms with E-state index in [9.17, 15) is 14.4 Å². The van der Waals surface area contributed by atoms with Crippen LogP contribution in [0.5, 0.6) is 0 Å². The summed E-state index contributed by atoms with van der Waals surface area (Å²) >= 11 is 1.45. The van der Waals surface area contributed by atoms with Gasteiger partial charge in [0.25, 0.3) is 17.7 Å². The number of aromatic nitrogens is 3. The number of rotatable bonds is 6. The molecule has 1 aromatic carbocycles. The van der Waals surface area contributed by atoms with Crippen LogP contribution in [-0.2, 0) is 6.54 Å². The first-order valence-electron chi connectivity index (χ1n) is 9.28. The van der Waals surface area contributed by atoms with E-state index >= 15 is 0 Å². The van der Waals surface area contributed by atoms with Gasteiger partial charge in [0.2, 0.25) is 0 Å². The maximum atomic E-state index is 12.3. The molecule has 154 valence electrons. The molecule has 0 atom stereocenters. The molecule has 0 bridgehead atoms. The lowest BCUT2D eigenvalue weighted by molar-refractivity contribution is 0.0675. The van der Waals surface area contributed by atoms with Crippen molar-refractivity contribution in [3.8, 4) is 23.3 Å². The second-order valence-electron chi connectivity index (χ2n) is 6.38. The SMILES string of the molecule is C=CCSc1ncccc1-c1nn(CC#CCN2C(=O)c3ccccc3C2=O)c(=O)o1. The topological polar surface area (TPSA) is 98.3 Å². The van der Waals surface area contributed by atoms with Crippen LogP contribution >= 0.6 is 11.8 Å². The number of amides is 2. The van der Waals surface area contributed by atoms with Crippen LogP contribution in [0, 0.1) is 11.8 Å². The Balaban J connectivity index is 1.46. The average molecular weight is 432 g/mol. The lowest BCUT2D eigenvalue weighted by Gasteiger charge is -2.08. The number of nitrogens with zero attached hydrogens (tertiary/aromatic N) is 4. The van der Waals surface area contributed by atoms with Gasteiger partial charge in [-0.2, -0.15) is 4.68 Å². The van der Waals surface area contributed by atoms with Crippen molar-refractivity contribution in [2.24, 2.45) is 0 Å². The fourth-order valence-corrected chi connectivity index (χ4v) is 3.69. The van der Waals surface area contributed by atoms with Gasteiger partial charge in [-0.1, -0.05) is 30.0 Å². The highest BCUT2D eigenvalue weighted by molar-refractivity contribution is 7.99. The van der Waals surface area contributed by atoms with Crippen molar-refractivity contribution in [3.05, 3.63) is 76.9 Å². The van der Waals surface area contributed by atoms with Crippen molar-refractivity contribution >= 4 is 23.6 Å². The summed E-state index contributed by atoms with van der Waals surface area (Å²) in [6.45, 7) is 3.57. The van der Waals surface area contributed by atoms with E-state index in [1.54, 1.807) is 48.7 Å². The quantitative estimate of drug-likeness (QED) is 0.255. The molecule has 8 nitrogen and oxygen atoms in total. The molecule has 9 heteroatoms. The van der Waals surface area contributed by atoms with Gasteiger partial charge in [0.15, 0.2) is 0 Å². The lowest BCUT2D eigenvalue weighted by Crippen LogP contribution is -2.30. The van der Waals surface area contributed by atoms with E-state index in [0.717, 1.165) is 9.58 Å². The maximum Gasteiger partial charge on any atom is 0.438 e. The third-order valence-electron chi connectivity index (χ3n) is 4.41. The molecule has 4 rings (SSSR count). The summed E-state index contributed by atoms with van der Waals surface area (Å²) in [6, 6.07) is 10.1. The molecule has 0 aliphatic carbocycles. The van der Waals surface area contributed by atoms with Gasteiger partial charge in [0, 0.05) is 11.9 Å². The molecule has 0 radical (unpaired) electrons. The van der Waals surface area contributed by atoms with Crippen molar-refractivity contribution in [3.63, 3.8) is 0 Å². The number of thioether (sulfide) groups is 1. The standard InChI is InChI=1S/C22H16N4O4S/c1-2-14-31-19-17(10-7-11-23-19)18-24-26(22(29)30-18)13-6-5-12-25-20(27)15-8-3-4-9-16(15)21(25)28/h2-4,7-11H,1,12-14H2. The van der Waals surface area contributed by atoms with Crippen molar-refractivity contribution in [1.29, 1.82) is 0 Å². The fraction of sp³-hybridized carbons (Fsp3) is 0.136. The van der Waals surface area contributed by atoms with E-state index in [1.165, 1.54) is 11.8 Å². The van der Waals surface area contributed by atoms with Gasteiger partial charge in [0.05, 0.1) is 23.2 Å². The zero-order valence-corrected chi connectivity index (χ0v) is 17.1. The van der Waals surface area contributed by atoms with Crippen LogP contribution in [0.1, 0.15) is 20.7 Å². The molecule has 31 heavy (non-hydrogen) atoms. The summed E-state index contributed by atoms with van der Waals surface area (Å²) in [4.78, 5) is 42.2. The van der Waals surface area contributed by atoms with Crippen LogP contribution in [0.2, 0.25) is 0 Å². The minimum atomic E-state index is -0.659. The Morgan fingerprint density at radius 1 is 1.00 bits per heavy atom. The average Bonchev–Trinajstić information content (AvgIpc) is 3.28. The molecule has 2 aromatic heterocycles. The first kappa shape index (κ1) is 20.4. The van der Waals surface area contributed by atoms with Gasteiger partial charge < -0.3 is 4.42 Å². The Morgan fingerprint density at radius 3 is 2.39 bits per heavy atom. The van der Waals surface area contributed by atoms with Crippen LogP contribution in [0.15, 0.2) is 69.5 Å². The number of carbonyl (C=O) groups is 2. The van der Waals surface area contributed by atoms with Crippen LogP contribution < -0.4 is 5.76 Å². The van der Waals surface area contributed by atoms with Crippen LogP contribution in [0.25, 0.3) is 11.5 Å². The first-order chi connectivity index (χ1) is 15.1. The highest BCUT2D eigenvalue weighted by Crippen LogP contribution is 2.27. The van der Waals surface area contributed by atoms with E-state index in [-0.39, 0.29) is 30.8 Å². The van der Waals surface area contributed by atoms with Crippen molar-refractivity contribution < 1.29 is 14.0 Å². The fourth-order valence-electron chi connectivity index (χ4n) is 2.97. The Labute approximate surface area is 181 Å². The normalized spacial score (nSPS) is 12.5. The second-order valence-corrected chi connectivity index (χ2v) is 7.39. The van der Waals surface area contributed by atoms with E-state index < -0.39 is 5.76 Å². The molecular weight excluding hydrogens is 416 g/mol. The number of hydrogen-bond acceptors (Lipinski definition) is 7. The van der Waals surface area contributed by atoms with E-state index in [1.807, 2.05) is 0 Å². The summed E-state index contributed by atoms with van der Waals surface area (Å²) in [7, 11) is 0. The molecule has 0 fully saturated rings. The third-order valence-corrected chi connectivity index (χ3v) is 5.42. The van der Waals surface area contributed by atoms with Gasteiger partial charge in [-0.3, -0.25) is 14.5 Å². The van der Waals surface area contributed by atoms with E-state index in [2.05, 4.69) is 28.5 Å². The molecule has 0 saturated heterocycles. The van der Waals surface area contributed by atoms with E-state index in [0.29, 0.717) is 27.5 Å². The summed E-state index contributed by atoms with van der Waals surface area (Å²) in [6.07, 6.45) is 3.40. The number of fused-ring (bicyclic) bond motifs is 1. The molecule has 0 N–H and O–H groups in total. The predicted octanol–water partition coefficient (Wildman–Crippen LogP) is 2.48. The van der Waals surface area contributed by atoms with E-state index in [4.69, 9.17) is 4.42 Å². The van der Waals surface area contributed by atoms with Gasteiger partial charge >= 0.3 is 5.76 Å². The van der Waals surface area contributed by atoms with Gasteiger partial charge in [-0.15, -0.1) is 23.4 Å². The summed E-state index contributed by atoms with van der Waals surface area (Å²) in [5.41, 5.74) is 1.34. The number of pyridine rings is 1.